The molecule has 0 radical (unpaired) electrons. The van der Waals surface area contributed by atoms with Crippen molar-refractivity contribution in [1.29, 1.82) is 0 Å². The number of benzene rings is 1. The lowest BCUT2D eigenvalue weighted by Crippen LogP contribution is -2.37. The van der Waals surface area contributed by atoms with Gasteiger partial charge in [-0.2, -0.15) is 0 Å². The van der Waals surface area contributed by atoms with E-state index in [1.54, 1.807) is 24.8 Å². The highest BCUT2D eigenvalue weighted by Crippen LogP contribution is 2.42. The first-order valence-corrected chi connectivity index (χ1v) is 13.5. The fourth-order valence-corrected chi connectivity index (χ4v) is 5.89. The molecule has 39 heavy (non-hydrogen) atoms. The van der Waals surface area contributed by atoms with Crippen LogP contribution in [0.2, 0.25) is 0 Å². The third-order valence-corrected chi connectivity index (χ3v) is 8.19. The van der Waals surface area contributed by atoms with Crippen LogP contribution in [0.4, 0.5) is 17.1 Å². The molecule has 1 aromatic carbocycles. The van der Waals surface area contributed by atoms with Crippen LogP contribution in [-0.4, -0.2) is 66.8 Å². The van der Waals surface area contributed by atoms with Gasteiger partial charge in [-0.15, -0.1) is 0 Å². The summed E-state index contributed by atoms with van der Waals surface area (Å²) in [6.07, 6.45) is 6.96. The number of aliphatic imine (C=N–C) groups is 1. The number of amides is 1. The molecule has 9 heteroatoms. The molecule has 5 rings (SSSR count). The Morgan fingerprint density at radius 3 is 2.46 bits per heavy atom. The van der Waals surface area contributed by atoms with Gasteiger partial charge in [-0.3, -0.25) is 19.6 Å². The van der Waals surface area contributed by atoms with Gasteiger partial charge in [-0.1, -0.05) is 0 Å². The normalized spacial score (nSPS) is 16.8. The second-order valence-electron chi connectivity index (χ2n) is 10.6. The maximum atomic E-state index is 13.0. The highest BCUT2D eigenvalue weighted by atomic mass is 16.2. The van der Waals surface area contributed by atoms with E-state index in [0.29, 0.717) is 11.5 Å². The van der Waals surface area contributed by atoms with Crippen LogP contribution in [0.3, 0.4) is 0 Å². The van der Waals surface area contributed by atoms with Crippen LogP contribution in [0.1, 0.15) is 42.5 Å². The van der Waals surface area contributed by atoms with Crippen LogP contribution in [-0.2, 0) is 11.8 Å². The first-order chi connectivity index (χ1) is 18.7. The molecule has 0 spiro atoms. The number of fused-ring (bicyclic) bond motifs is 2. The lowest BCUT2D eigenvalue weighted by Gasteiger charge is -2.38. The molecule has 204 valence electrons. The minimum Gasteiger partial charge on any atom is -0.404 e. The van der Waals surface area contributed by atoms with E-state index in [1.807, 2.05) is 31.1 Å². The van der Waals surface area contributed by atoms with Crippen molar-refractivity contribution >= 4 is 45.7 Å². The number of aromatic nitrogens is 2. The smallest absolute Gasteiger partial charge is 0.253 e. The number of carbonyl (C=O) groups is 1. The molecule has 1 fully saturated rings. The van der Waals surface area contributed by atoms with Gasteiger partial charge in [-0.05, 0) is 55.5 Å². The maximum Gasteiger partial charge on any atom is 0.253 e. The van der Waals surface area contributed by atoms with Crippen LogP contribution in [0, 0.1) is 6.92 Å². The standard InChI is InChI=1S/C30H37N7O2/c1-19-12-24-26(35(5)30(19)39)13-22(21-6-8-36(9-7-21)20(2)38)14-27(24)37-11-10-34(4)28-15-25(33-18-29(28)37)23(16-31)17-32-3/h12-18,21H,6-11,31H2,1-5H3. The van der Waals surface area contributed by atoms with E-state index in [-0.39, 0.29) is 11.5 Å². The van der Waals surface area contributed by atoms with E-state index in [0.717, 1.165) is 78.3 Å². The molecule has 9 nitrogen and oxygen atoms in total. The Bertz CT molecular complexity index is 1550. The van der Waals surface area contributed by atoms with Crippen LogP contribution < -0.4 is 21.1 Å². The molecule has 3 aromatic rings. The lowest BCUT2D eigenvalue weighted by atomic mass is 9.88. The summed E-state index contributed by atoms with van der Waals surface area (Å²) in [4.78, 5) is 40.2. The van der Waals surface area contributed by atoms with Gasteiger partial charge < -0.3 is 25.0 Å². The topological polar surface area (TPSA) is 100 Å². The van der Waals surface area contributed by atoms with Crippen molar-refractivity contribution in [3.63, 3.8) is 0 Å². The number of pyridine rings is 2. The zero-order valence-electron chi connectivity index (χ0n) is 23.4. The van der Waals surface area contributed by atoms with Gasteiger partial charge in [0.15, 0.2) is 0 Å². The zero-order valence-corrected chi connectivity index (χ0v) is 23.4. The second-order valence-corrected chi connectivity index (χ2v) is 10.6. The van der Waals surface area contributed by atoms with E-state index >= 15 is 0 Å². The molecule has 0 atom stereocenters. The van der Waals surface area contributed by atoms with Gasteiger partial charge >= 0.3 is 0 Å². The first-order valence-electron chi connectivity index (χ1n) is 13.5. The van der Waals surface area contributed by atoms with Crippen molar-refractivity contribution < 1.29 is 4.79 Å². The Morgan fingerprint density at radius 2 is 1.79 bits per heavy atom. The summed E-state index contributed by atoms with van der Waals surface area (Å²) < 4.78 is 1.77. The molecule has 0 bridgehead atoms. The summed E-state index contributed by atoms with van der Waals surface area (Å²) in [6.45, 7) is 6.62. The molecule has 0 saturated carbocycles. The van der Waals surface area contributed by atoms with E-state index in [2.05, 4.69) is 40.0 Å². The maximum absolute atomic E-state index is 13.0. The van der Waals surface area contributed by atoms with E-state index < -0.39 is 0 Å². The number of hydrogen-bond acceptors (Lipinski definition) is 7. The monoisotopic (exact) mass is 527 g/mol. The highest BCUT2D eigenvalue weighted by Gasteiger charge is 2.28. The lowest BCUT2D eigenvalue weighted by molar-refractivity contribution is -0.129. The Labute approximate surface area is 229 Å². The Kier molecular flexibility index (Phi) is 7.16. The minimum absolute atomic E-state index is 0.0146. The molecule has 4 heterocycles. The van der Waals surface area contributed by atoms with Crippen molar-refractivity contribution in [1.82, 2.24) is 14.5 Å². The number of likely N-dealkylation sites (tertiary alicyclic amines) is 1. The Balaban J connectivity index is 1.66. The van der Waals surface area contributed by atoms with Crippen molar-refractivity contribution in [3.05, 3.63) is 63.8 Å². The number of piperidine rings is 1. The van der Waals surface area contributed by atoms with E-state index in [4.69, 9.17) is 10.7 Å². The third kappa shape index (κ3) is 4.77. The molecule has 2 aromatic heterocycles. The molecule has 0 unspecified atom stereocenters. The summed E-state index contributed by atoms with van der Waals surface area (Å²) >= 11 is 0. The molecule has 2 aliphatic heterocycles. The average Bonchev–Trinajstić information content (AvgIpc) is 2.94. The average molecular weight is 528 g/mol. The zero-order chi connectivity index (χ0) is 27.8. The number of aryl methyl sites for hydroxylation is 2. The van der Waals surface area contributed by atoms with Gasteiger partial charge in [0, 0.05) is 83.2 Å². The predicted molar refractivity (Wildman–Crippen MR) is 159 cm³/mol. The van der Waals surface area contributed by atoms with Crippen molar-refractivity contribution in [2.45, 2.75) is 32.6 Å². The van der Waals surface area contributed by atoms with E-state index in [1.165, 1.54) is 11.8 Å². The molecule has 2 aliphatic rings. The predicted octanol–water partition coefficient (Wildman–Crippen LogP) is 3.56. The number of likely N-dealkylation sites (N-methyl/N-ethyl adjacent to an activating group) is 1. The van der Waals surface area contributed by atoms with Gasteiger partial charge in [-0.25, -0.2) is 0 Å². The number of rotatable bonds is 4. The van der Waals surface area contributed by atoms with Crippen molar-refractivity contribution in [2.75, 3.05) is 50.1 Å². The quantitative estimate of drug-likeness (QED) is 0.521. The van der Waals surface area contributed by atoms with Crippen molar-refractivity contribution in [2.24, 2.45) is 17.8 Å². The number of nitrogens with zero attached hydrogens (tertiary/aromatic N) is 6. The summed E-state index contributed by atoms with van der Waals surface area (Å²) in [7, 11) is 5.66. The van der Waals surface area contributed by atoms with Gasteiger partial charge in [0.05, 0.1) is 34.5 Å². The highest BCUT2D eigenvalue weighted by molar-refractivity contribution is 6.09. The number of hydrogen-bond donors (Lipinski definition) is 1. The van der Waals surface area contributed by atoms with Gasteiger partial charge in [0.2, 0.25) is 5.91 Å². The summed E-state index contributed by atoms with van der Waals surface area (Å²) in [5, 5.41) is 1.04. The van der Waals surface area contributed by atoms with Crippen LogP contribution in [0.25, 0.3) is 16.5 Å². The minimum atomic E-state index is 0.0146. The van der Waals surface area contributed by atoms with Crippen LogP contribution in [0.5, 0.6) is 0 Å². The fourth-order valence-electron chi connectivity index (χ4n) is 5.89. The summed E-state index contributed by atoms with van der Waals surface area (Å²) in [5.74, 6) is 0.447. The molecular formula is C30H37N7O2. The number of allylic oxidation sites excluding steroid dienone is 1. The Hall–Kier alpha value is -4.14. The number of nitrogens with two attached hydrogens (primary N) is 1. The van der Waals surface area contributed by atoms with Gasteiger partial charge in [0.1, 0.15) is 0 Å². The molecule has 2 N–H and O–H groups in total. The van der Waals surface area contributed by atoms with Crippen molar-refractivity contribution in [3.8, 4) is 0 Å². The SMILES string of the molecule is CN=CC(=CN)c1cc2c(cn1)N(c1cc(C3CCN(C(C)=O)CC3)cc3c1cc(C)c(=O)n3C)CCN2C. The molecule has 0 aliphatic carbocycles. The second kappa shape index (κ2) is 10.6. The van der Waals surface area contributed by atoms with Crippen LogP contribution >= 0.6 is 0 Å². The summed E-state index contributed by atoms with van der Waals surface area (Å²) in [5.41, 5.74) is 13.4. The van der Waals surface area contributed by atoms with E-state index in [9.17, 15) is 9.59 Å². The molecular weight excluding hydrogens is 490 g/mol. The number of carbonyl (C=O) groups excluding carboxylic acids is 1. The Morgan fingerprint density at radius 1 is 1.05 bits per heavy atom. The fraction of sp³-hybridized carbons (Fsp3) is 0.400. The first kappa shape index (κ1) is 26.5. The largest absolute Gasteiger partial charge is 0.404 e. The number of anilines is 3. The van der Waals surface area contributed by atoms with Crippen LogP contribution in [0.15, 0.2) is 46.4 Å². The third-order valence-electron chi connectivity index (χ3n) is 8.19. The van der Waals surface area contributed by atoms with Gasteiger partial charge in [0.25, 0.3) is 5.56 Å². The molecule has 1 amide bonds. The summed E-state index contributed by atoms with van der Waals surface area (Å²) in [6, 6.07) is 8.54. The molecule has 1 saturated heterocycles.